The molecule has 0 bridgehead atoms. The van der Waals surface area contributed by atoms with Gasteiger partial charge in [0.2, 0.25) is 0 Å². The van der Waals surface area contributed by atoms with E-state index in [1.54, 1.807) is 30.3 Å². The van der Waals surface area contributed by atoms with Crippen LogP contribution in [0.15, 0.2) is 48.5 Å². The summed E-state index contributed by atoms with van der Waals surface area (Å²) in [5.41, 5.74) is 2.53. The maximum absolute atomic E-state index is 12.5. The molecule has 29 heavy (non-hydrogen) atoms. The predicted octanol–water partition coefficient (Wildman–Crippen LogP) is 4.01. The van der Waals surface area contributed by atoms with Crippen molar-refractivity contribution in [1.82, 2.24) is 5.32 Å². The van der Waals surface area contributed by atoms with Crippen molar-refractivity contribution in [3.05, 3.63) is 59.7 Å². The summed E-state index contributed by atoms with van der Waals surface area (Å²) in [6.07, 6.45) is 2.41. The molecule has 3 amide bonds. The monoisotopic (exact) mass is 395 g/mol. The number of benzene rings is 2. The normalized spacial score (nSPS) is 18.5. The number of para-hydroxylation sites is 1. The van der Waals surface area contributed by atoms with Crippen LogP contribution < -0.4 is 16.0 Å². The van der Waals surface area contributed by atoms with Gasteiger partial charge in [-0.2, -0.15) is 0 Å². The Hall–Kier alpha value is -3.35. The smallest absolute Gasteiger partial charge is 0.319 e. The average molecular weight is 395 g/mol. The van der Waals surface area contributed by atoms with Crippen LogP contribution in [0.2, 0.25) is 0 Å². The first-order valence-corrected chi connectivity index (χ1v) is 9.70. The molecule has 3 rings (SSSR count). The fourth-order valence-corrected chi connectivity index (χ4v) is 3.45. The number of hydrogen-bond donors (Lipinski definition) is 4. The van der Waals surface area contributed by atoms with Gasteiger partial charge >= 0.3 is 12.0 Å². The topological polar surface area (TPSA) is 108 Å². The van der Waals surface area contributed by atoms with Gasteiger partial charge in [0.05, 0.1) is 5.92 Å². The zero-order valence-electron chi connectivity index (χ0n) is 16.3. The van der Waals surface area contributed by atoms with Crippen molar-refractivity contribution in [3.63, 3.8) is 0 Å². The number of carbonyl (C=O) groups is 3. The van der Waals surface area contributed by atoms with Crippen LogP contribution in [0, 0.1) is 12.8 Å². The summed E-state index contributed by atoms with van der Waals surface area (Å²) in [4.78, 5) is 35.9. The van der Waals surface area contributed by atoms with E-state index in [-0.39, 0.29) is 23.9 Å². The first-order valence-electron chi connectivity index (χ1n) is 9.70. The van der Waals surface area contributed by atoms with Crippen molar-refractivity contribution in [2.45, 2.75) is 38.6 Å². The largest absolute Gasteiger partial charge is 0.481 e. The van der Waals surface area contributed by atoms with Crippen LogP contribution in [-0.4, -0.2) is 29.1 Å². The van der Waals surface area contributed by atoms with Gasteiger partial charge < -0.3 is 21.1 Å². The molecule has 0 saturated heterocycles. The Bertz CT molecular complexity index is 890. The van der Waals surface area contributed by atoms with Crippen molar-refractivity contribution < 1.29 is 19.5 Å². The van der Waals surface area contributed by atoms with E-state index in [1.807, 2.05) is 25.1 Å². The lowest BCUT2D eigenvalue weighted by atomic mass is 9.86. The molecule has 0 aliphatic heterocycles. The van der Waals surface area contributed by atoms with Crippen molar-refractivity contribution >= 4 is 29.3 Å². The second-order valence-corrected chi connectivity index (χ2v) is 7.34. The molecule has 7 heteroatoms. The Morgan fingerprint density at radius 1 is 0.931 bits per heavy atom. The summed E-state index contributed by atoms with van der Waals surface area (Å²) in [6.45, 7) is 1.85. The minimum absolute atomic E-state index is 0.0459. The molecule has 0 unspecified atom stereocenters. The van der Waals surface area contributed by atoms with Crippen LogP contribution in [0.3, 0.4) is 0 Å². The van der Waals surface area contributed by atoms with E-state index in [1.165, 1.54) is 0 Å². The summed E-state index contributed by atoms with van der Waals surface area (Å²) in [5, 5.41) is 17.6. The number of carbonyl (C=O) groups excluding carboxylic acids is 2. The predicted molar refractivity (Wildman–Crippen MR) is 111 cm³/mol. The number of rotatable bonds is 5. The molecular formula is C22H25N3O4. The number of amides is 3. The van der Waals surface area contributed by atoms with Crippen LogP contribution in [0.4, 0.5) is 16.2 Å². The van der Waals surface area contributed by atoms with Gasteiger partial charge in [0, 0.05) is 23.0 Å². The van der Waals surface area contributed by atoms with Gasteiger partial charge in [-0.05, 0) is 62.4 Å². The number of carboxylic acids is 1. The fraction of sp³-hybridized carbons (Fsp3) is 0.318. The van der Waals surface area contributed by atoms with Crippen LogP contribution in [0.5, 0.6) is 0 Å². The van der Waals surface area contributed by atoms with E-state index in [4.69, 9.17) is 5.11 Å². The fourth-order valence-electron chi connectivity index (χ4n) is 3.45. The number of aryl methyl sites for hydroxylation is 1. The zero-order chi connectivity index (χ0) is 20.8. The molecule has 4 N–H and O–H groups in total. The highest BCUT2D eigenvalue weighted by Gasteiger charge is 2.26. The summed E-state index contributed by atoms with van der Waals surface area (Å²) in [5.74, 6) is -1.35. The molecule has 0 aromatic heterocycles. The Kier molecular flexibility index (Phi) is 6.49. The van der Waals surface area contributed by atoms with E-state index in [2.05, 4.69) is 16.0 Å². The summed E-state index contributed by atoms with van der Waals surface area (Å²) in [6, 6.07) is 13.9. The molecule has 1 aliphatic carbocycles. The lowest BCUT2D eigenvalue weighted by Crippen LogP contribution is -2.41. The molecule has 0 radical (unpaired) electrons. The number of hydrogen-bond acceptors (Lipinski definition) is 3. The highest BCUT2D eigenvalue weighted by molar-refractivity contribution is 6.05. The lowest BCUT2D eigenvalue weighted by molar-refractivity contribution is -0.142. The highest BCUT2D eigenvalue weighted by Crippen LogP contribution is 2.25. The Morgan fingerprint density at radius 2 is 1.62 bits per heavy atom. The molecular weight excluding hydrogens is 370 g/mol. The third kappa shape index (κ3) is 5.57. The van der Waals surface area contributed by atoms with E-state index in [0.717, 1.165) is 5.56 Å². The van der Waals surface area contributed by atoms with Gasteiger partial charge in [-0.3, -0.25) is 9.59 Å². The zero-order valence-corrected chi connectivity index (χ0v) is 16.3. The standard InChI is InChI=1S/C22H25N3O4/c1-14-7-8-16(20(26)23-17-5-3-2-4-6-17)13-19(14)25-22(29)24-18-11-9-15(10-12-18)21(27)28/h2-8,13,15,18H,9-12H2,1H3,(H,23,26)(H,27,28)(H2,24,25,29). The van der Waals surface area contributed by atoms with Gasteiger partial charge in [0.15, 0.2) is 0 Å². The average Bonchev–Trinajstić information content (AvgIpc) is 2.70. The van der Waals surface area contributed by atoms with E-state index < -0.39 is 5.97 Å². The quantitative estimate of drug-likeness (QED) is 0.613. The minimum atomic E-state index is -0.769. The van der Waals surface area contributed by atoms with Gasteiger partial charge in [0.1, 0.15) is 0 Å². The Labute approximate surface area is 169 Å². The lowest BCUT2D eigenvalue weighted by Gasteiger charge is -2.27. The maximum atomic E-state index is 12.5. The second kappa shape index (κ2) is 9.23. The van der Waals surface area contributed by atoms with Crippen molar-refractivity contribution in [1.29, 1.82) is 0 Å². The first-order chi connectivity index (χ1) is 13.9. The number of urea groups is 1. The number of anilines is 2. The molecule has 2 aromatic rings. The van der Waals surface area contributed by atoms with Gasteiger partial charge in [-0.15, -0.1) is 0 Å². The molecule has 1 saturated carbocycles. The maximum Gasteiger partial charge on any atom is 0.319 e. The number of nitrogens with one attached hydrogen (secondary N) is 3. The van der Waals surface area contributed by atoms with Crippen LogP contribution in [-0.2, 0) is 4.79 Å². The van der Waals surface area contributed by atoms with Crippen molar-refractivity contribution in [3.8, 4) is 0 Å². The van der Waals surface area contributed by atoms with E-state index >= 15 is 0 Å². The third-order valence-corrected chi connectivity index (χ3v) is 5.19. The third-order valence-electron chi connectivity index (χ3n) is 5.19. The van der Waals surface area contributed by atoms with Gasteiger partial charge in [-0.25, -0.2) is 4.79 Å². The van der Waals surface area contributed by atoms with Gasteiger partial charge in [0.25, 0.3) is 5.91 Å². The van der Waals surface area contributed by atoms with Crippen molar-refractivity contribution in [2.75, 3.05) is 10.6 Å². The molecule has 0 heterocycles. The molecule has 1 fully saturated rings. The first kappa shape index (κ1) is 20.4. The molecule has 7 nitrogen and oxygen atoms in total. The Balaban J connectivity index is 1.59. The second-order valence-electron chi connectivity index (χ2n) is 7.34. The molecule has 2 aromatic carbocycles. The highest BCUT2D eigenvalue weighted by atomic mass is 16.4. The molecule has 152 valence electrons. The number of aliphatic carboxylic acids is 1. The SMILES string of the molecule is Cc1ccc(C(=O)Nc2ccccc2)cc1NC(=O)NC1CCC(C(=O)O)CC1. The van der Waals surface area contributed by atoms with E-state index in [9.17, 15) is 14.4 Å². The van der Waals surface area contributed by atoms with Crippen LogP contribution in [0.25, 0.3) is 0 Å². The molecule has 0 atom stereocenters. The molecule has 1 aliphatic rings. The summed E-state index contributed by atoms with van der Waals surface area (Å²) >= 11 is 0. The van der Waals surface area contributed by atoms with E-state index in [0.29, 0.717) is 42.6 Å². The van der Waals surface area contributed by atoms with Crippen LogP contribution >= 0.6 is 0 Å². The van der Waals surface area contributed by atoms with Crippen LogP contribution in [0.1, 0.15) is 41.6 Å². The summed E-state index contributed by atoms with van der Waals surface area (Å²) < 4.78 is 0. The van der Waals surface area contributed by atoms with Crippen molar-refractivity contribution in [2.24, 2.45) is 5.92 Å². The minimum Gasteiger partial charge on any atom is -0.481 e. The molecule has 0 spiro atoms. The number of carboxylic acid groups (broad SMARTS) is 1. The van der Waals surface area contributed by atoms with Gasteiger partial charge in [-0.1, -0.05) is 24.3 Å². The summed E-state index contributed by atoms with van der Waals surface area (Å²) in [7, 11) is 0. The Morgan fingerprint density at radius 3 is 2.28 bits per heavy atom.